The van der Waals surface area contributed by atoms with E-state index in [1.807, 2.05) is 0 Å². The Balaban J connectivity index is 1.70. The molecule has 0 aromatic rings. The number of nitrogens with zero attached hydrogens (tertiary/aromatic N) is 1. The summed E-state index contributed by atoms with van der Waals surface area (Å²) in [7, 11) is 0. The van der Waals surface area contributed by atoms with E-state index in [0.29, 0.717) is 12.6 Å². The van der Waals surface area contributed by atoms with Gasteiger partial charge in [-0.3, -0.25) is 0 Å². The third-order valence-corrected chi connectivity index (χ3v) is 3.62. The van der Waals surface area contributed by atoms with Gasteiger partial charge in [0.15, 0.2) is 0 Å². The maximum atomic E-state index is 12.9. The van der Waals surface area contributed by atoms with Gasteiger partial charge in [-0.05, 0) is 38.0 Å². The molecule has 2 N–H and O–H groups in total. The van der Waals surface area contributed by atoms with Gasteiger partial charge in [-0.25, -0.2) is 4.39 Å². The average molecular weight is 200 g/mol. The second-order valence-electron chi connectivity index (χ2n) is 4.93. The summed E-state index contributed by atoms with van der Waals surface area (Å²) in [6.45, 7) is 2.74. The Morgan fingerprint density at radius 3 is 2.43 bits per heavy atom. The van der Waals surface area contributed by atoms with Crippen LogP contribution in [0.2, 0.25) is 0 Å². The van der Waals surface area contributed by atoms with Crippen LogP contribution in [-0.2, 0) is 0 Å². The minimum atomic E-state index is -0.569. The maximum absolute atomic E-state index is 12.9. The van der Waals surface area contributed by atoms with E-state index in [1.165, 1.54) is 12.8 Å². The number of alkyl halides is 1. The zero-order valence-corrected chi connectivity index (χ0v) is 8.79. The average Bonchev–Trinajstić information content (AvgIpc) is 2.56. The lowest BCUT2D eigenvalue weighted by molar-refractivity contribution is 0.211. The standard InChI is InChI=1S/C11H21FN2/c12-10-5-6-14(8-10)7-9-1-3-11(13)4-2-9/h9-11H,1-8,13H2. The van der Waals surface area contributed by atoms with Gasteiger partial charge in [-0.2, -0.15) is 0 Å². The second kappa shape index (κ2) is 4.58. The Labute approximate surface area is 85.6 Å². The van der Waals surface area contributed by atoms with Crippen LogP contribution >= 0.6 is 0 Å². The summed E-state index contributed by atoms with van der Waals surface area (Å²) in [4.78, 5) is 2.28. The van der Waals surface area contributed by atoms with Gasteiger partial charge in [0.25, 0.3) is 0 Å². The van der Waals surface area contributed by atoms with Gasteiger partial charge in [0.05, 0.1) is 0 Å². The zero-order valence-electron chi connectivity index (χ0n) is 8.79. The molecule has 2 rings (SSSR count). The van der Waals surface area contributed by atoms with Gasteiger partial charge in [-0.15, -0.1) is 0 Å². The molecular weight excluding hydrogens is 179 g/mol. The number of rotatable bonds is 2. The van der Waals surface area contributed by atoms with Gasteiger partial charge in [0.2, 0.25) is 0 Å². The van der Waals surface area contributed by atoms with Crippen molar-refractivity contribution in [3.05, 3.63) is 0 Å². The van der Waals surface area contributed by atoms with Crippen molar-refractivity contribution in [3.8, 4) is 0 Å². The lowest BCUT2D eigenvalue weighted by Crippen LogP contribution is -2.33. The molecule has 1 heterocycles. The van der Waals surface area contributed by atoms with E-state index < -0.39 is 6.17 Å². The fraction of sp³-hybridized carbons (Fsp3) is 1.00. The van der Waals surface area contributed by atoms with E-state index in [9.17, 15) is 4.39 Å². The summed E-state index contributed by atoms with van der Waals surface area (Å²) in [6, 6.07) is 0.429. The Kier molecular flexibility index (Phi) is 3.39. The topological polar surface area (TPSA) is 29.3 Å². The predicted molar refractivity (Wildman–Crippen MR) is 55.9 cm³/mol. The van der Waals surface area contributed by atoms with Crippen molar-refractivity contribution in [2.24, 2.45) is 11.7 Å². The van der Waals surface area contributed by atoms with Crippen molar-refractivity contribution in [1.29, 1.82) is 0 Å². The van der Waals surface area contributed by atoms with Crippen LogP contribution < -0.4 is 5.73 Å². The third-order valence-electron chi connectivity index (χ3n) is 3.62. The highest BCUT2D eigenvalue weighted by Gasteiger charge is 2.26. The minimum Gasteiger partial charge on any atom is -0.328 e. The van der Waals surface area contributed by atoms with Gasteiger partial charge in [-0.1, -0.05) is 0 Å². The predicted octanol–water partition coefficient (Wildman–Crippen LogP) is 1.55. The van der Waals surface area contributed by atoms with Crippen LogP contribution in [-0.4, -0.2) is 36.7 Å². The van der Waals surface area contributed by atoms with Crippen LogP contribution in [0.15, 0.2) is 0 Å². The number of hydrogen-bond acceptors (Lipinski definition) is 2. The fourth-order valence-corrected chi connectivity index (χ4v) is 2.69. The molecule has 82 valence electrons. The summed E-state index contributed by atoms with van der Waals surface area (Å²) in [5.74, 6) is 0.778. The van der Waals surface area contributed by atoms with E-state index in [4.69, 9.17) is 5.73 Å². The first-order valence-corrected chi connectivity index (χ1v) is 5.86. The SMILES string of the molecule is NC1CCC(CN2CCC(F)C2)CC1. The molecule has 0 aromatic carbocycles. The molecule has 2 nitrogen and oxygen atoms in total. The summed E-state index contributed by atoms with van der Waals surface area (Å²) in [5.41, 5.74) is 5.85. The van der Waals surface area contributed by atoms with Crippen molar-refractivity contribution in [3.63, 3.8) is 0 Å². The number of halogens is 1. The molecule has 14 heavy (non-hydrogen) atoms. The second-order valence-corrected chi connectivity index (χ2v) is 4.93. The molecule has 1 unspecified atom stereocenters. The third kappa shape index (κ3) is 2.67. The molecule has 0 amide bonds. The molecule has 1 atom stereocenters. The molecule has 1 saturated heterocycles. The molecule has 0 spiro atoms. The Bertz CT molecular complexity index is 178. The van der Waals surface area contributed by atoms with Crippen LogP contribution in [0.3, 0.4) is 0 Å². The van der Waals surface area contributed by atoms with Crippen LogP contribution in [0, 0.1) is 5.92 Å². The summed E-state index contributed by atoms with van der Waals surface area (Å²) in [6.07, 6.45) is 4.99. The first-order valence-electron chi connectivity index (χ1n) is 5.86. The van der Waals surface area contributed by atoms with Crippen LogP contribution in [0.25, 0.3) is 0 Å². The molecule has 0 radical (unpaired) electrons. The quantitative estimate of drug-likeness (QED) is 0.732. The van der Waals surface area contributed by atoms with E-state index in [0.717, 1.165) is 38.3 Å². The lowest BCUT2D eigenvalue weighted by atomic mass is 9.86. The molecule has 1 aliphatic heterocycles. The highest BCUT2D eigenvalue weighted by atomic mass is 19.1. The number of hydrogen-bond donors (Lipinski definition) is 1. The van der Waals surface area contributed by atoms with Gasteiger partial charge < -0.3 is 10.6 Å². The molecule has 1 aliphatic carbocycles. The molecule has 2 fully saturated rings. The summed E-state index contributed by atoms with van der Waals surface area (Å²) < 4.78 is 12.9. The molecule has 0 bridgehead atoms. The monoisotopic (exact) mass is 200 g/mol. The molecule has 1 saturated carbocycles. The smallest absolute Gasteiger partial charge is 0.114 e. The maximum Gasteiger partial charge on any atom is 0.114 e. The lowest BCUT2D eigenvalue weighted by Gasteiger charge is -2.29. The first-order chi connectivity index (χ1) is 6.74. The van der Waals surface area contributed by atoms with Crippen molar-refractivity contribution in [2.75, 3.05) is 19.6 Å². The Hall–Kier alpha value is -0.150. The Morgan fingerprint density at radius 1 is 1.14 bits per heavy atom. The summed E-state index contributed by atoms with van der Waals surface area (Å²) in [5, 5.41) is 0. The Morgan fingerprint density at radius 2 is 1.86 bits per heavy atom. The fourth-order valence-electron chi connectivity index (χ4n) is 2.69. The molecule has 3 heteroatoms. The highest BCUT2D eigenvalue weighted by Crippen LogP contribution is 2.25. The van der Waals surface area contributed by atoms with Crippen LogP contribution in [0.4, 0.5) is 4.39 Å². The van der Waals surface area contributed by atoms with Gasteiger partial charge in [0, 0.05) is 25.7 Å². The summed E-state index contributed by atoms with van der Waals surface area (Å²) >= 11 is 0. The largest absolute Gasteiger partial charge is 0.328 e. The van der Waals surface area contributed by atoms with Gasteiger partial charge in [0.1, 0.15) is 6.17 Å². The van der Waals surface area contributed by atoms with Crippen LogP contribution in [0.5, 0.6) is 0 Å². The molecule has 0 aromatic heterocycles. The number of nitrogens with two attached hydrogens (primary N) is 1. The number of likely N-dealkylation sites (tertiary alicyclic amines) is 1. The van der Waals surface area contributed by atoms with E-state index in [-0.39, 0.29) is 0 Å². The van der Waals surface area contributed by atoms with Crippen LogP contribution in [0.1, 0.15) is 32.1 Å². The van der Waals surface area contributed by atoms with Gasteiger partial charge >= 0.3 is 0 Å². The van der Waals surface area contributed by atoms with Crippen molar-refractivity contribution < 1.29 is 4.39 Å². The first kappa shape index (κ1) is 10.4. The van der Waals surface area contributed by atoms with Crippen molar-refractivity contribution in [2.45, 2.75) is 44.3 Å². The van der Waals surface area contributed by atoms with E-state index in [1.54, 1.807) is 0 Å². The molecule has 2 aliphatic rings. The highest BCUT2D eigenvalue weighted by molar-refractivity contribution is 4.80. The zero-order chi connectivity index (χ0) is 9.97. The van der Waals surface area contributed by atoms with E-state index in [2.05, 4.69) is 4.90 Å². The van der Waals surface area contributed by atoms with Crippen molar-refractivity contribution in [1.82, 2.24) is 4.90 Å². The minimum absolute atomic E-state index is 0.429. The normalized spacial score (nSPS) is 40.3. The molecular formula is C11H21FN2. The van der Waals surface area contributed by atoms with E-state index >= 15 is 0 Å². The van der Waals surface area contributed by atoms with Crippen molar-refractivity contribution >= 4 is 0 Å².